The smallest absolute Gasteiger partial charge is 0.410 e. The number of amides is 1. The zero-order valence-corrected chi connectivity index (χ0v) is 19.5. The molecule has 2 saturated heterocycles. The molecule has 2 aromatic carbocycles. The minimum atomic E-state index is -0.448. The maximum atomic E-state index is 11.8. The number of halogens is 1. The van der Waals surface area contributed by atoms with Gasteiger partial charge in [-0.25, -0.2) is 4.79 Å². The summed E-state index contributed by atoms with van der Waals surface area (Å²) in [5.74, 6) is 1.01. The van der Waals surface area contributed by atoms with Crippen molar-refractivity contribution in [1.29, 1.82) is 10.5 Å². The largest absolute Gasteiger partial charge is 0.444 e. The van der Waals surface area contributed by atoms with E-state index in [0.717, 1.165) is 18.7 Å². The van der Waals surface area contributed by atoms with Crippen molar-refractivity contribution in [1.82, 2.24) is 10.2 Å². The summed E-state index contributed by atoms with van der Waals surface area (Å²) in [5.41, 5.74) is 3.46. The summed E-state index contributed by atoms with van der Waals surface area (Å²) in [6.07, 6.45) is -0.252. The number of rotatable bonds is 2. The number of nitriles is 2. The Hall–Kier alpha value is -3.06. The molecule has 168 valence electrons. The molecule has 0 spiro atoms. The average Bonchev–Trinajstić information content (AvgIpc) is 2.66. The number of likely N-dealkylation sites (tertiary alicyclic amines) is 1. The van der Waals surface area contributed by atoms with E-state index in [1.165, 1.54) is 11.1 Å². The second-order valence-corrected chi connectivity index (χ2v) is 8.91. The van der Waals surface area contributed by atoms with E-state index < -0.39 is 5.60 Å². The van der Waals surface area contributed by atoms with Gasteiger partial charge in [0.2, 0.25) is 0 Å². The Kier molecular flexibility index (Phi) is 8.66. The highest BCUT2D eigenvalue weighted by Crippen LogP contribution is 2.28. The molecular weight excluding hydrogens is 424 g/mol. The first kappa shape index (κ1) is 25.2. The van der Waals surface area contributed by atoms with E-state index in [4.69, 9.17) is 15.3 Å². The number of nitrogens with one attached hydrogen (secondary N) is 1. The number of carbonyl (C=O) groups is 1. The van der Waals surface area contributed by atoms with Gasteiger partial charge in [-0.05, 0) is 56.2 Å². The molecule has 0 aliphatic carbocycles. The fourth-order valence-corrected chi connectivity index (χ4v) is 3.35. The van der Waals surface area contributed by atoms with E-state index in [-0.39, 0.29) is 18.5 Å². The molecule has 0 atom stereocenters. The normalized spacial score (nSPS) is 15.5. The van der Waals surface area contributed by atoms with Gasteiger partial charge in [-0.1, -0.05) is 24.3 Å². The summed E-state index contributed by atoms with van der Waals surface area (Å²) < 4.78 is 5.31. The van der Waals surface area contributed by atoms with Crippen LogP contribution in [-0.2, 0) is 4.74 Å². The molecule has 2 heterocycles. The molecule has 0 bridgehead atoms. The molecule has 2 aliphatic heterocycles. The summed E-state index contributed by atoms with van der Waals surface area (Å²) in [7, 11) is 0. The van der Waals surface area contributed by atoms with E-state index in [2.05, 4.69) is 17.5 Å². The SMILES string of the molecule is CC(C)(C)OC(=O)N1CC(c2ccc(C#N)cc2)C1.Cl.N#Cc1ccc(C2CNC2)cc1. The van der Waals surface area contributed by atoms with Gasteiger partial charge < -0.3 is 15.0 Å². The summed E-state index contributed by atoms with van der Waals surface area (Å²) in [5, 5.41) is 20.5. The maximum absolute atomic E-state index is 11.8. The second kappa shape index (κ2) is 11.0. The summed E-state index contributed by atoms with van der Waals surface area (Å²) >= 11 is 0. The Morgan fingerprint density at radius 2 is 1.34 bits per heavy atom. The van der Waals surface area contributed by atoms with Crippen molar-refractivity contribution in [2.45, 2.75) is 38.2 Å². The first-order chi connectivity index (χ1) is 14.8. The molecule has 2 aliphatic rings. The molecule has 4 rings (SSSR count). The van der Waals surface area contributed by atoms with E-state index >= 15 is 0 Å². The van der Waals surface area contributed by atoms with Crippen molar-refractivity contribution < 1.29 is 9.53 Å². The lowest BCUT2D eigenvalue weighted by Gasteiger charge is -2.40. The topological polar surface area (TPSA) is 89.2 Å². The maximum Gasteiger partial charge on any atom is 0.410 e. The number of hydrogen-bond acceptors (Lipinski definition) is 5. The summed E-state index contributed by atoms with van der Waals surface area (Å²) in [4.78, 5) is 13.5. The lowest BCUT2D eigenvalue weighted by molar-refractivity contribution is 0.00819. The van der Waals surface area contributed by atoms with E-state index in [1.54, 1.807) is 4.90 Å². The van der Waals surface area contributed by atoms with Crippen LogP contribution in [0.4, 0.5) is 4.79 Å². The Morgan fingerprint density at radius 1 is 0.906 bits per heavy atom. The van der Waals surface area contributed by atoms with Gasteiger partial charge in [0.15, 0.2) is 0 Å². The summed E-state index contributed by atoms with van der Waals surface area (Å²) in [6.45, 7) is 9.10. The van der Waals surface area contributed by atoms with Gasteiger partial charge >= 0.3 is 6.09 Å². The first-order valence-electron chi connectivity index (χ1n) is 10.5. The van der Waals surface area contributed by atoms with E-state index in [9.17, 15) is 4.79 Å². The third-order valence-corrected chi connectivity index (χ3v) is 5.34. The van der Waals surface area contributed by atoms with Crippen LogP contribution in [0.25, 0.3) is 0 Å². The Bertz CT molecular complexity index is 975. The van der Waals surface area contributed by atoms with Gasteiger partial charge in [-0.3, -0.25) is 0 Å². The minimum absolute atomic E-state index is 0. The van der Waals surface area contributed by atoms with Crippen molar-refractivity contribution in [3.05, 3.63) is 70.8 Å². The van der Waals surface area contributed by atoms with Crippen LogP contribution in [0.5, 0.6) is 0 Å². The van der Waals surface area contributed by atoms with Crippen molar-refractivity contribution in [3.63, 3.8) is 0 Å². The van der Waals surface area contributed by atoms with Crippen molar-refractivity contribution >= 4 is 18.5 Å². The second-order valence-electron chi connectivity index (χ2n) is 8.91. The van der Waals surface area contributed by atoms with Gasteiger partial charge in [0.25, 0.3) is 0 Å². The molecule has 7 heteroatoms. The fraction of sp³-hybridized carbons (Fsp3) is 0.400. The van der Waals surface area contributed by atoms with Gasteiger partial charge in [0.1, 0.15) is 5.60 Å². The lowest BCUT2D eigenvalue weighted by atomic mass is 9.91. The fourth-order valence-electron chi connectivity index (χ4n) is 3.35. The molecular formula is C25H29ClN4O2. The Morgan fingerprint density at radius 3 is 1.69 bits per heavy atom. The number of ether oxygens (including phenoxy) is 1. The van der Waals surface area contributed by atoms with Crippen LogP contribution >= 0.6 is 12.4 Å². The Balaban J connectivity index is 0.000000241. The van der Waals surface area contributed by atoms with Crippen LogP contribution in [-0.4, -0.2) is 42.8 Å². The molecule has 2 aromatic rings. The van der Waals surface area contributed by atoms with Crippen LogP contribution < -0.4 is 5.32 Å². The van der Waals surface area contributed by atoms with Crippen LogP contribution in [0.15, 0.2) is 48.5 Å². The van der Waals surface area contributed by atoms with Crippen molar-refractivity contribution in [2.24, 2.45) is 0 Å². The molecule has 0 unspecified atom stereocenters. The van der Waals surface area contributed by atoms with Gasteiger partial charge in [0.05, 0.1) is 23.3 Å². The molecule has 0 aromatic heterocycles. The molecule has 0 radical (unpaired) electrons. The third kappa shape index (κ3) is 6.72. The zero-order valence-electron chi connectivity index (χ0n) is 18.7. The predicted octanol–water partition coefficient (Wildman–Crippen LogP) is 4.56. The number of carbonyl (C=O) groups excluding carboxylic acids is 1. The van der Waals surface area contributed by atoms with Crippen molar-refractivity contribution in [2.75, 3.05) is 26.2 Å². The van der Waals surface area contributed by atoms with Gasteiger partial charge in [-0.15, -0.1) is 12.4 Å². The Labute approximate surface area is 196 Å². The quantitative estimate of drug-likeness (QED) is 0.721. The van der Waals surface area contributed by atoms with Crippen LogP contribution in [0.1, 0.15) is 54.9 Å². The average molecular weight is 453 g/mol. The molecule has 1 amide bonds. The van der Waals surface area contributed by atoms with E-state index in [0.29, 0.717) is 30.5 Å². The van der Waals surface area contributed by atoms with Crippen LogP contribution in [0, 0.1) is 22.7 Å². The molecule has 32 heavy (non-hydrogen) atoms. The summed E-state index contributed by atoms with van der Waals surface area (Å²) in [6, 6.07) is 19.6. The number of hydrogen-bond donors (Lipinski definition) is 1. The van der Waals surface area contributed by atoms with Gasteiger partial charge in [-0.2, -0.15) is 10.5 Å². The lowest BCUT2D eigenvalue weighted by Crippen LogP contribution is -2.50. The first-order valence-corrected chi connectivity index (χ1v) is 10.5. The number of nitrogens with zero attached hydrogens (tertiary/aromatic N) is 3. The third-order valence-electron chi connectivity index (χ3n) is 5.34. The van der Waals surface area contributed by atoms with Crippen molar-refractivity contribution in [3.8, 4) is 12.1 Å². The molecule has 6 nitrogen and oxygen atoms in total. The minimum Gasteiger partial charge on any atom is -0.444 e. The molecule has 2 fully saturated rings. The monoisotopic (exact) mass is 452 g/mol. The van der Waals surface area contributed by atoms with Crippen LogP contribution in [0.2, 0.25) is 0 Å². The zero-order chi connectivity index (χ0) is 22.4. The van der Waals surface area contributed by atoms with Crippen LogP contribution in [0.3, 0.4) is 0 Å². The standard InChI is InChI=1S/C15H18N2O2.C10H10N2.ClH/c1-15(2,3)19-14(18)17-9-13(10-17)12-6-4-11(8-16)5-7-12;11-5-8-1-3-9(4-2-8)10-6-12-7-10;/h4-7,13H,9-10H2,1-3H3;1-4,10,12H,6-7H2;1H. The van der Waals surface area contributed by atoms with Gasteiger partial charge in [0, 0.05) is 38.0 Å². The predicted molar refractivity (Wildman–Crippen MR) is 126 cm³/mol. The van der Waals surface area contributed by atoms with E-state index in [1.807, 2.05) is 69.3 Å². The highest BCUT2D eigenvalue weighted by Gasteiger charge is 2.34. The highest BCUT2D eigenvalue weighted by molar-refractivity contribution is 5.85. The number of benzene rings is 2. The molecule has 0 saturated carbocycles. The highest BCUT2D eigenvalue weighted by atomic mass is 35.5. The molecule has 1 N–H and O–H groups in total.